The van der Waals surface area contributed by atoms with Gasteiger partial charge in [-0.05, 0) is 43.6 Å². The molecule has 1 N–H and O–H groups in total. The molecule has 2 rings (SSSR count). The van der Waals surface area contributed by atoms with Gasteiger partial charge in [-0.2, -0.15) is 0 Å². The standard InChI is InChI=1S/C21H33N3O3/c1-5-23(6-2)20(18-8-7-9-19(14-18)27-4)15-22-21(26)17-10-12-24(13-11-17)16(3)25/h7-9,14,17,20H,5-6,10-13,15H2,1-4H3,(H,22,26)/t20-/m0/s1. The van der Waals surface area contributed by atoms with Crippen LogP contribution in [0.2, 0.25) is 0 Å². The monoisotopic (exact) mass is 375 g/mol. The third-order valence-corrected chi connectivity index (χ3v) is 5.51. The number of carbonyl (C=O) groups is 2. The molecular formula is C21H33N3O3. The van der Waals surface area contributed by atoms with Crippen molar-refractivity contribution >= 4 is 11.8 Å². The topological polar surface area (TPSA) is 61.9 Å². The Labute approximate surface area is 162 Å². The van der Waals surface area contributed by atoms with E-state index in [9.17, 15) is 9.59 Å². The van der Waals surface area contributed by atoms with Crippen LogP contribution in [0.5, 0.6) is 5.75 Å². The lowest BCUT2D eigenvalue weighted by molar-refractivity contribution is -0.134. The van der Waals surface area contributed by atoms with Gasteiger partial charge in [0.2, 0.25) is 11.8 Å². The van der Waals surface area contributed by atoms with E-state index in [0.29, 0.717) is 19.6 Å². The van der Waals surface area contributed by atoms with Gasteiger partial charge in [0.15, 0.2) is 0 Å². The number of nitrogens with one attached hydrogen (secondary N) is 1. The molecule has 1 aliphatic rings. The minimum atomic E-state index is -0.0109. The summed E-state index contributed by atoms with van der Waals surface area (Å²) in [6.07, 6.45) is 1.47. The van der Waals surface area contributed by atoms with Crippen molar-refractivity contribution in [3.8, 4) is 5.75 Å². The van der Waals surface area contributed by atoms with E-state index in [1.807, 2.05) is 23.1 Å². The Hall–Kier alpha value is -2.08. The predicted octanol–water partition coefficient (Wildman–Crippen LogP) is 2.45. The Kier molecular flexibility index (Phi) is 8.10. The third-order valence-electron chi connectivity index (χ3n) is 5.51. The van der Waals surface area contributed by atoms with Crippen LogP contribution in [-0.2, 0) is 9.59 Å². The van der Waals surface area contributed by atoms with Gasteiger partial charge in [0.05, 0.1) is 13.2 Å². The largest absolute Gasteiger partial charge is 0.497 e. The van der Waals surface area contributed by atoms with Crippen molar-refractivity contribution < 1.29 is 14.3 Å². The molecule has 1 aromatic rings. The number of ether oxygens (including phenoxy) is 1. The molecule has 2 amide bonds. The summed E-state index contributed by atoms with van der Waals surface area (Å²) in [6.45, 7) is 9.58. The van der Waals surface area contributed by atoms with Gasteiger partial charge in [0.25, 0.3) is 0 Å². The summed E-state index contributed by atoms with van der Waals surface area (Å²) in [5.41, 5.74) is 1.14. The van der Waals surface area contributed by atoms with Crippen molar-refractivity contribution in [2.45, 2.75) is 39.7 Å². The summed E-state index contributed by atoms with van der Waals surface area (Å²) >= 11 is 0. The van der Waals surface area contributed by atoms with E-state index < -0.39 is 0 Å². The van der Waals surface area contributed by atoms with Crippen molar-refractivity contribution in [3.05, 3.63) is 29.8 Å². The van der Waals surface area contributed by atoms with Crippen LogP contribution in [0.25, 0.3) is 0 Å². The van der Waals surface area contributed by atoms with Crippen molar-refractivity contribution in [3.63, 3.8) is 0 Å². The lowest BCUT2D eigenvalue weighted by Gasteiger charge is -2.33. The van der Waals surface area contributed by atoms with E-state index in [1.54, 1.807) is 14.0 Å². The molecular weight excluding hydrogens is 342 g/mol. The number of piperidine rings is 1. The van der Waals surface area contributed by atoms with E-state index in [0.717, 1.165) is 37.2 Å². The van der Waals surface area contributed by atoms with Crippen molar-refractivity contribution in [1.82, 2.24) is 15.1 Å². The minimum absolute atomic E-state index is 0.0109. The maximum absolute atomic E-state index is 12.7. The molecule has 0 saturated carbocycles. The lowest BCUT2D eigenvalue weighted by atomic mass is 9.95. The second kappa shape index (κ2) is 10.3. The SMILES string of the molecule is CCN(CC)[C@@H](CNC(=O)C1CCN(C(C)=O)CC1)c1cccc(OC)c1. The van der Waals surface area contributed by atoms with Crippen molar-refractivity contribution in [2.24, 2.45) is 5.92 Å². The maximum Gasteiger partial charge on any atom is 0.223 e. The highest BCUT2D eigenvalue weighted by molar-refractivity contribution is 5.79. The summed E-state index contributed by atoms with van der Waals surface area (Å²) in [6, 6.07) is 8.16. The highest BCUT2D eigenvalue weighted by atomic mass is 16.5. The highest BCUT2D eigenvalue weighted by Crippen LogP contribution is 2.24. The second-order valence-corrected chi connectivity index (χ2v) is 7.04. The smallest absolute Gasteiger partial charge is 0.223 e. The number of carbonyl (C=O) groups excluding carboxylic acids is 2. The Bertz CT molecular complexity index is 623. The molecule has 0 radical (unpaired) electrons. The van der Waals surface area contributed by atoms with Crippen molar-refractivity contribution in [2.75, 3.05) is 39.8 Å². The molecule has 1 heterocycles. The molecule has 6 heteroatoms. The zero-order chi connectivity index (χ0) is 19.8. The van der Waals surface area contributed by atoms with Gasteiger partial charge < -0.3 is 15.0 Å². The number of hydrogen-bond acceptors (Lipinski definition) is 4. The third kappa shape index (κ3) is 5.70. The minimum Gasteiger partial charge on any atom is -0.497 e. The fourth-order valence-corrected chi connectivity index (χ4v) is 3.77. The second-order valence-electron chi connectivity index (χ2n) is 7.04. The number of rotatable bonds is 8. The van der Waals surface area contributed by atoms with Crippen molar-refractivity contribution in [1.29, 1.82) is 0 Å². The van der Waals surface area contributed by atoms with E-state index >= 15 is 0 Å². The van der Waals surface area contributed by atoms with Gasteiger partial charge in [-0.1, -0.05) is 26.0 Å². The normalized spacial score (nSPS) is 16.3. The molecule has 0 aromatic heterocycles. The van der Waals surface area contributed by atoms with Crippen LogP contribution in [0.1, 0.15) is 45.2 Å². The van der Waals surface area contributed by atoms with E-state index in [2.05, 4.69) is 30.1 Å². The number of methoxy groups -OCH3 is 1. The Morgan fingerprint density at radius 2 is 1.93 bits per heavy atom. The first-order chi connectivity index (χ1) is 13.0. The quantitative estimate of drug-likeness (QED) is 0.758. The van der Waals surface area contributed by atoms with Crippen LogP contribution in [0.3, 0.4) is 0 Å². The molecule has 1 aromatic carbocycles. The Morgan fingerprint density at radius 3 is 2.48 bits per heavy atom. The van der Waals surface area contributed by atoms with Gasteiger partial charge in [-0.3, -0.25) is 14.5 Å². The number of amides is 2. The molecule has 150 valence electrons. The maximum atomic E-state index is 12.7. The van der Waals surface area contributed by atoms with Gasteiger partial charge in [0.1, 0.15) is 5.75 Å². The number of hydrogen-bond donors (Lipinski definition) is 1. The molecule has 0 bridgehead atoms. The summed E-state index contributed by atoms with van der Waals surface area (Å²) < 4.78 is 5.36. The van der Waals surface area contributed by atoms with Gasteiger partial charge in [-0.25, -0.2) is 0 Å². The lowest BCUT2D eigenvalue weighted by Crippen LogP contribution is -2.44. The molecule has 1 aliphatic heterocycles. The fourth-order valence-electron chi connectivity index (χ4n) is 3.77. The molecule has 0 spiro atoms. The van der Waals surface area contributed by atoms with E-state index in [4.69, 9.17) is 4.74 Å². The van der Waals surface area contributed by atoms with Gasteiger partial charge in [-0.15, -0.1) is 0 Å². The Balaban J connectivity index is 2.01. The van der Waals surface area contributed by atoms with E-state index in [-0.39, 0.29) is 23.8 Å². The van der Waals surface area contributed by atoms with E-state index in [1.165, 1.54) is 0 Å². The molecule has 6 nitrogen and oxygen atoms in total. The molecule has 27 heavy (non-hydrogen) atoms. The molecule has 1 saturated heterocycles. The fraction of sp³-hybridized carbons (Fsp3) is 0.619. The van der Waals surface area contributed by atoms with Gasteiger partial charge >= 0.3 is 0 Å². The molecule has 1 atom stereocenters. The number of likely N-dealkylation sites (N-methyl/N-ethyl adjacent to an activating group) is 1. The highest BCUT2D eigenvalue weighted by Gasteiger charge is 2.27. The number of likely N-dealkylation sites (tertiary alicyclic amines) is 1. The number of nitrogens with zero attached hydrogens (tertiary/aromatic N) is 2. The van der Waals surface area contributed by atoms with Crippen LogP contribution in [0.4, 0.5) is 0 Å². The van der Waals surface area contributed by atoms with Crippen LogP contribution >= 0.6 is 0 Å². The summed E-state index contributed by atoms with van der Waals surface area (Å²) in [7, 11) is 1.67. The van der Waals surface area contributed by atoms with Crippen LogP contribution in [-0.4, -0.2) is 61.4 Å². The van der Waals surface area contributed by atoms with Gasteiger partial charge in [0, 0.05) is 32.5 Å². The predicted molar refractivity (Wildman–Crippen MR) is 107 cm³/mol. The molecule has 0 aliphatic carbocycles. The first-order valence-electron chi connectivity index (χ1n) is 9.91. The van der Waals surface area contributed by atoms with Crippen LogP contribution in [0.15, 0.2) is 24.3 Å². The Morgan fingerprint density at radius 1 is 1.26 bits per heavy atom. The molecule has 0 unspecified atom stereocenters. The molecule has 1 fully saturated rings. The first-order valence-corrected chi connectivity index (χ1v) is 9.91. The summed E-state index contributed by atoms with van der Waals surface area (Å²) in [4.78, 5) is 28.3. The summed E-state index contributed by atoms with van der Waals surface area (Å²) in [5.74, 6) is 1.00. The zero-order valence-corrected chi connectivity index (χ0v) is 17.0. The van der Waals surface area contributed by atoms with Crippen LogP contribution < -0.4 is 10.1 Å². The average molecular weight is 376 g/mol. The van der Waals surface area contributed by atoms with Crippen LogP contribution in [0, 0.1) is 5.92 Å². The number of benzene rings is 1. The zero-order valence-electron chi connectivity index (χ0n) is 17.0. The summed E-state index contributed by atoms with van der Waals surface area (Å²) in [5, 5.41) is 3.16. The first kappa shape index (κ1) is 21.2. The average Bonchev–Trinajstić information content (AvgIpc) is 2.71.